The van der Waals surface area contributed by atoms with Gasteiger partial charge in [0.2, 0.25) is 21.8 Å². The molecule has 4 rings (SSSR count). The van der Waals surface area contributed by atoms with Crippen molar-refractivity contribution >= 4 is 27.7 Å². The van der Waals surface area contributed by atoms with Gasteiger partial charge in [-0.1, -0.05) is 17.8 Å². The van der Waals surface area contributed by atoms with Crippen molar-refractivity contribution < 1.29 is 22.4 Å². The second-order valence-electron chi connectivity index (χ2n) is 7.21. The lowest BCUT2D eigenvalue weighted by molar-refractivity contribution is -0.129. The molecule has 3 heterocycles. The lowest BCUT2D eigenvalue weighted by Gasteiger charge is -2.26. The molecule has 0 aliphatic carbocycles. The van der Waals surface area contributed by atoms with Crippen molar-refractivity contribution in [3.8, 4) is 11.5 Å². The summed E-state index contributed by atoms with van der Waals surface area (Å²) in [5.74, 6) is 0.285. The monoisotopic (exact) mass is 452 g/mol. The smallest absolute Gasteiger partial charge is 0.277 e. The van der Waals surface area contributed by atoms with Gasteiger partial charge in [-0.05, 0) is 38.0 Å². The van der Waals surface area contributed by atoms with Crippen LogP contribution in [0.5, 0.6) is 0 Å². The maximum Gasteiger partial charge on any atom is 0.277 e. The molecule has 2 aliphatic rings. The molecule has 1 aromatic carbocycles. The van der Waals surface area contributed by atoms with E-state index in [9.17, 15) is 13.2 Å². The Bertz CT molecular complexity index is 998. The molecule has 30 heavy (non-hydrogen) atoms. The van der Waals surface area contributed by atoms with Crippen molar-refractivity contribution in [2.45, 2.75) is 35.1 Å². The van der Waals surface area contributed by atoms with Gasteiger partial charge in [0.05, 0.1) is 23.4 Å². The molecule has 0 spiro atoms. The molecular formula is C19H24N4O5S2. The first-order valence-electron chi connectivity index (χ1n) is 9.92. The third-order valence-electron chi connectivity index (χ3n) is 5.14. The number of carbonyl (C=O) groups is 1. The second kappa shape index (κ2) is 9.04. The van der Waals surface area contributed by atoms with E-state index in [1.807, 2.05) is 11.8 Å². The molecule has 1 amide bonds. The molecule has 1 atom stereocenters. The largest absolute Gasteiger partial charge is 0.411 e. The summed E-state index contributed by atoms with van der Waals surface area (Å²) in [4.78, 5) is 14.5. The Kier molecular flexibility index (Phi) is 6.42. The van der Waals surface area contributed by atoms with Gasteiger partial charge in [0.15, 0.2) is 0 Å². The van der Waals surface area contributed by atoms with Gasteiger partial charge in [0, 0.05) is 31.7 Å². The highest BCUT2D eigenvalue weighted by Gasteiger charge is 2.28. The summed E-state index contributed by atoms with van der Waals surface area (Å²) in [5, 5.41) is 8.02. The van der Waals surface area contributed by atoms with E-state index in [1.54, 1.807) is 18.2 Å². The number of rotatable bonds is 6. The van der Waals surface area contributed by atoms with Gasteiger partial charge in [-0.3, -0.25) is 4.79 Å². The maximum atomic E-state index is 12.9. The third-order valence-corrected chi connectivity index (χ3v) is 7.95. The van der Waals surface area contributed by atoms with E-state index in [-0.39, 0.29) is 27.2 Å². The van der Waals surface area contributed by atoms with E-state index >= 15 is 0 Å². The lowest BCUT2D eigenvalue weighted by Crippen LogP contribution is -2.40. The van der Waals surface area contributed by atoms with E-state index in [2.05, 4.69) is 10.2 Å². The van der Waals surface area contributed by atoms with Crippen LogP contribution in [0, 0.1) is 0 Å². The van der Waals surface area contributed by atoms with Gasteiger partial charge in [-0.15, -0.1) is 10.2 Å². The molecular weight excluding hydrogens is 428 g/mol. The van der Waals surface area contributed by atoms with Gasteiger partial charge in [0.1, 0.15) is 0 Å². The number of hydrogen-bond donors (Lipinski definition) is 0. The average Bonchev–Trinajstić information content (AvgIpc) is 3.46. The fourth-order valence-corrected chi connectivity index (χ4v) is 5.72. The quantitative estimate of drug-likeness (QED) is 0.612. The first-order chi connectivity index (χ1) is 14.4. The molecule has 11 heteroatoms. The van der Waals surface area contributed by atoms with Crippen LogP contribution in [0.4, 0.5) is 0 Å². The van der Waals surface area contributed by atoms with Crippen LogP contribution in [0.25, 0.3) is 11.5 Å². The van der Waals surface area contributed by atoms with Crippen molar-refractivity contribution in [3.63, 3.8) is 0 Å². The number of thioether (sulfide) groups is 1. The normalized spacial score (nSPS) is 19.2. The number of ether oxygens (including phenoxy) is 1. The Morgan fingerprint density at radius 1 is 1.13 bits per heavy atom. The van der Waals surface area contributed by atoms with Gasteiger partial charge in [-0.2, -0.15) is 4.31 Å². The van der Waals surface area contributed by atoms with Crippen molar-refractivity contribution in [1.82, 2.24) is 19.4 Å². The Morgan fingerprint density at radius 3 is 2.60 bits per heavy atom. The van der Waals surface area contributed by atoms with E-state index in [1.165, 1.54) is 22.1 Å². The van der Waals surface area contributed by atoms with Crippen LogP contribution in [0.2, 0.25) is 0 Å². The van der Waals surface area contributed by atoms with Crippen LogP contribution in [0.1, 0.15) is 19.8 Å². The molecule has 2 aromatic rings. The molecule has 0 radical (unpaired) electrons. The van der Waals surface area contributed by atoms with Gasteiger partial charge >= 0.3 is 0 Å². The summed E-state index contributed by atoms with van der Waals surface area (Å²) in [5.41, 5.74) is 0.516. The standard InChI is InChI=1S/C19H24N4O5S2/c1-14(18(24)22-7-2-3-8-22)29-19-21-20-17(28-19)15-5-4-6-16(13-15)30(25,26)23-9-11-27-12-10-23/h4-6,13-14H,2-3,7-12H2,1H3/t14-/m0/s1. The van der Waals surface area contributed by atoms with Gasteiger partial charge in [-0.25, -0.2) is 8.42 Å². The number of carbonyl (C=O) groups excluding carboxylic acids is 1. The van der Waals surface area contributed by atoms with Crippen LogP contribution < -0.4 is 0 Å². The zero-order chi connectivity index (χ0) is 21.1. The fourth-order valence-electron chi connectivity index (χ4n) is 3.50. The first-order valence-corrected chi connectivity index (χ1v) is 12.2. The number of likely N-dealkylation sites (tertiary alicyclic amines) is 1. The Labute approximate surface area is 179 Å². The highest BCUT2D eigenvalue weighted by molar-refractivity contribution is 8.00. The molecule has 0 bridgehead atoms. The summed E-state index contributed by atoms with van der Waals surface area (Å²) >= 11 is 1.21. The minimum Gasteiger partial charge on any atom is -0.411 e. The molecule has 162 valence electrons. The fraction of sp³-hybridized carbons (Fsp3) is 0.526. The minimum absolute atomic E-state index is 0.0656. The summed E-state index contributed by atoms with van der Waals surface area (Å²) in [6.45, 7) is 4.85. The SMILES string of the molecule is C[C@H](Sc1nnc(-c2cccc(S(=O)(=O)N3CCOCC3)c2)o1)C(=O)N1CCCC1. The second-order valence-corrected chi connectivity index (χ2v) is 10.4. The van der Waals surface area contributed by atoms with Crippen LogP contribution in [-0.4, -0.2) is 78.4 Å². The van der Waals surface area contributed by atoms with Gasteiger partial charge < -0.3 is 14.1 Å². The molecule has 2 fully saturated rings. The van der Waals surface area contributed by atoms with E-state index in [4.69, 9.17) is 9.15 Å². The average molecular weight is 453 g/mol. The number of amides is 1. The zero-order valence-corrected chi connectivity index (χ0v) is 18.3. The first kappa shape index (κ1) is 21.3. The number of hydrogen-bond acceptors (Lipinski definition) is 8. The van der Waals surface area contributed by atoms with Crippen molar-refractivity contribution in [3.05, 3.63) is 24.3 Å². The highest BCUT2D eigenvalue weighted by atomic mass is 32.2. The van der Waals surface area contributed by atoms with Crippen molar-refractivity contribution in [1.29, 1.82) is 0 Å². The molecule has 0 saturated carbocycles. The third kappa shape index (κ3) is 4.53. The summed E-state index contributed by atoms with van der Waals surface area (Å²) < 4.78 is 38.1. The molecule has 1 aromatic heterocycles. The van der Waals surface area contributed by atoms with Crippen LogP contribution in [0.15, 0.2) is 38.8 Å². The summed E-state index contributed by atoms with van der Waals surface area (Å²) in [6.07, 6.45) is 2.08. The number of sulfonamides is 1. The topological polar surface area (TPSA) is 106 Å². The van der Waals surface area contributed by atoms with E-state index in [0.717, 1.165) is 25.9 Å². The van der Waals surface area contributed by atoms with Crippen molar-refractivity contribution in [2.24, 2.45) is 0 Å². The van der Waals surface area contributed by atoms with Crippen LogP contribution in [-0.2, 0) is 19.6 Å². The maximum absolute atomic E-state index is 12.9. The Balaban J connectivity index is 1.48. The van der Waals surface area contributed by atoms with E-state index < -0.39 is 10.0 Å². The minimum atomic E-state index is -3.62. The van der Waals surface area contributed by atoms with Crippen LogP contribution >= 0.6 is 11.8 Å². The zero-order valence-electron chi connectivity index (χ0n) is 16.7. The highest BCUT2D eigenvalue weighted by Crippen LogP contribution is 2.29. The Morgan fingerprint density at radius 2 is 1.87 bits per heavy atom. The number of aromatic nitrogens is 2. The number of morpholine rings is 1. The lowest BCUT2D eigenvalue weighted by atomic mass is 10.2. The molecule has 0 N–H and O–H groups in total. The number of benzene rings is 1. The Hall–Kier alpha value is -1.95. The summed E-state index contributed by atoms with van der Waals surface area (Å²) in [7, 11) is -3.62. The van der Waals surface area contributed by atoms with Gasteiger partial charge in [0.25, 0.3) is 5.22 Å². The molecule has 2 aliphatic heterocycles. The molecule has 0 unspecified atom stereocenters. The number of nitrogens with zero attached hydrogens (tertiary/aromatic N) is 4. The van der Waals surface area contributed by atoms with Crippen molar-refractivity contribution in [2.75, 3.05) is 39.4 Å². The predicted octanol–water partition coefficient (Wildman–Crippen LogP) is 1.86. The molecule has 9 nitrogen and oxygen atoms in total. The predicted molar refractivity (Wildman–Crippen MR) is 110 cm³/mol. The van der Waals surface area contributed by atoms with Crippen LogP contribution in [0.3, 0.4) is 0 Å². The van der Waals surface area contributed by atoms with E-state index in [0.29, 0.717) is 31.9 Å². The summed E-state index contributed by atoms with van der Waals surface area (Å²) in [6, 6.07) is 6.46. The molecule has 2 saturated heterocycles.